The summed E-state index contributed by atoms with van der Waals surface area (Å²) >= 11 is 1.35. The lowest BCUT2D eigenvalue weighted by Crippen LogP contribution is -2.30. The van der Waals surface area contributed by atoms with Gasteiger partial charge in [0.1, 0.15) is 5.76 Å². The van der Waals surface area contributed by atoms with Gasteiger partial charge in [-0.05, 0) is 19.9 Å². The summed E-state index contributed by atoms with van der Waals surface area (Å²) in [7, 11) is 0. The normalized spacial score (nSPS) is 10.8. The van der Waals surface area contributed by atoms with Crippen LogP contribution in [0.15, 0.2) is 20.4 Å². The Morgan fingerprint density at radius 1 is 1.65 bits per heavy atom. The van der Waals surface area contributed by atoms with Crippen molar-refractivity contribution in [3.05, 3.63) is 33.6 Å². The molecule has 0 atom stereocenters. The molecule has 0 fully saturated rings. The molecule has 1 amide bonds. The number of nitrogens with one attached hydrogen (secondary N) is 2. The van der Waals surface area contributed by atoms with E-state index < -0.39 is 5.91 Å². The molecule has 8 nitrogen and oxygen atoms in total. The minimum Gasteiger partial charge on any atom is -0.455 e. The van der Waals surface area contributed by atoms with Gasteiger partial charge in [0, 0.05) is 12.1 Å². The van der Waals surface area contributed by atoms with Crippen LogP contribution in [0, 0.1) is 6.92 Å². The van der Waals surface area contributed by atoms with Gasteiger partial charge >= 0.3 is 11.6 Å². The molecule has 4 N–H and O–H groups in total. The number of hydrazine groups is 1. The Kier molecular flexibility index (Phi) is 4.30. The number of H-pyrrole nitrogens is 1. The maximum absolute atomic E-state index is 11.4. The standard InChI is InChI=1S/C11H15N5O3S/c1-3-16-10(18)14-15-11(16)20-5-7-4-6(2)8(19-7)9(17)13-12/h4H,3,5,12H2,1-2H3,(H,13,17)(H,14,18). The quantitative estimate of drug-likeness (QED) is 0.318. The Morgan fingerprint density at radius 2 is 2.40 bits per heavy atom. The van der Waals surface area contributed by atoms with E-state index in [4.69, 9.17) is 10.3 Å². The molecule has 2 aromatic rings. The van der Waals surface area contributed by atoms with E-state index >= 15 is 0 Å². The average Bonchev–Trinajstić information content (AvgIpc) is 2.98. The average molecular weight is 297 g/mol. The van der Waals surface area contributed by atoms with Crippen molar-refractivity contribution in [2.45, 2.75) is 31.3 Å². The number of nitrogens with zero attached hydrogens (tertiary/aromatic N) is 2. The van der Waals surface area contributed by atoms with Gasteiger partial charge in [-0.2, -0.15) is 0 Å². The highest BCUT2D eigenvalue weighted by atomic mass is 32.2. The van der Waals surface area contributed by atoms with Crippen LogP contribution >= 0.6 is 11.8 Å². The number of aromatic amines is 1. The fourth-order valence-corrected chi connectivity index (χ4v) is 2.63. The Balaban J connectivity index is 2.11. The Bertz CT molecular complexity index is 672. The van der Waals surface area contributed by atoms with Crippen molar-refractivity contribution >= 4 is 17.7 Å². The van der Waals surface area contributed by atoms with Crippen LogP contribution in [0.1, 0.15) is 28.8 Å². The fourth-order valence-electron chi connectivity index (χ4n) is 1.74. The van der Waals surface area contributed by atoms with E-state index in [1.165, 1.54) is 16.3 Å². The summed E-state index contributed by atoms with van der Waals surface area (Å²) in [4.78, 5) is 22.8. The lowest BCUT2D eigenvalue weighted by atomic mass is 10.2. The third kappa shape index (κ3) is 2.78. The number of thioether (sulfide) groups is 1. The van der Waals surface area contributed by atoms with Crippen LogP contribution in [0.2, 0.25) is 0 Å². The summed E-state index contributed by atoms with van der Waals surface area (Å²) in [6.07, 6.45) is 0. The van der Waals surface area contributed by atoms with E-state index in [1.807, 2.05) is 12.3 Å². The molecule has 0 spiro atoms. The minimum atomic E-state index is -0.469. The zero-order valence-electron chi connectivity index (χ0n) is 11.1. The third-order valence-corrected chi connectivity index (χ3v) is 3.69. The number of carbonyl (C=O) groups excluding carboxylic acids is 1. The topological polar surface area (TPSA) is 119 Å². The van der Waals surface area contributed by atoms with E-state index in [0.717, 1.165) is 0 Å². The molecule has 0 aromatic carbocycles. The first kappa shape index (κ1) is 14.4. The number of hydrogen-bond donors (Lipinski definition) is 3. The van der Waals surface area contributed by atoms with Crippen LogP contribution < -0.4 is 17.0 Å². The molecule has 108 valence electrons. The fraction of sp³-hybridized carbons (Fsp3) is 0.364. The smallest absolute Gasteiger partial charge is 0.343 e. The second-order valence-electron chi connectivity index (χ2n) is 4.04. The van der Waals surface area contributed by atoms with E-state index in [2.05, 4.69) is 10.2 Å². The first-order chi connectivity index (χ1) is 9.56. The van der Waals surface area contributed by atoms with Gasteiger partial charge in [0.05, 0.1) is 5.75 Å². The summed E-state index contributed by atoms with van der Waals surface area (Å²) in [5.74, 6) is 5.87. The number of nitrogens with two attached hydrogens (primary N) is 1. The number of hydrogen-bond acceptors (Lipinski definition) is 6. The van der Waals surface area contributed by atoms with Gasteiger partial charge < -0.3 is 4.42 Å². The number of amides is 1. The van der Waals surface area contributed by atoms with Crippen molar-refractivity contribution in [2.24, 2.45) is 5.84 Å². The number of carbonyl (C=O) groups is 1. The second-order valence-corrected chi connectivity index (χ2v) is 4.99. The molecule has 2 aromatic heterocycles. The van der Waals surface area contributed by atoms with Crippen molar-refractivity contribution in [3.63, 3.8) is 0 Å². The van der Waals surface area contributed by atoms with Crippen LogP contribution in [0.3, 0.4) is 0 Å². The molecule has 0 aliphatic heterocycles. The van der Waals surface area contributed by atoms with E-state index in [0.29, 0.717) is 28.8 Å². The summed E-state index contributed by atoms with van der Waals surface area (Å²) < 4.78 is 6.95. The van der Waals surface area contributed by atoms with Gasteiger partial charge in [0.2, 0.25) is 0 Å². The maximum atomic E-state index is 11.4. The van der Waals surface area contributed by atoms with Crippen molar-refractivity contribution < 1.29 is 9.21 Å². The highest BCUT2D eigenvalue weighted by Crippen LogP contribution is 2.23. The molecule has 9 heteroatoms. The van der Waals surface area contributed by atoms with Crippen LogP contribution in [0.25, 0.3) is 0 Å². The number of aromatic nitrogens is 3. The molecule has 0 saturated heterocycles. The van der Waals surface area contributed by atoms with Crippen LogP contribution in [0.5, 0.6) is 0 Å². The van der Waals surface area contributed by atoms with Crippen molar-refractivity contribution in [3.8, 4) is 0 Å². The molecule has 0 unspecified atom stereocenters. The van der Waals surface area contributed by atoms with Gasteiger partial charge in [0.25, 0.3) is 0 Å². The molecule has 20 heavy (non-hydrogen) atoms. The zero-order valence-corrected chi connectivity index (χ0v) is 11.9. The molecule has 0 aliphatic carbocycles. The maximum Gasteiger partial charge on any atom is 0.343 e. The van der Waals surface area contributed by atoms with Gasteiger partial charge in [-0.25, -0.2) is 15.7 Å². The zero-order chi connectivity index (χ0) is 14.7. The number of rotatable bonds is 5. The highest BCUT2D eigenvalue weighted by Gasteiger charge is 2.15. The van der Waals surface area contributed by atoms with Crippen LogP contribution in [-0.4, -0.2) is 20.7 Å². The molecule has 0 radical (unpaired) electrons. The van der Waals surface area contributed by atoms with E-state index in [1.54, 1.807) is 13.0 Å². The van der Waals surface area contributed by atoms with Gasteiger partial charge in [-0.15, -0.1) is 5.10 Å². The molecule has 0 bridgehead atoms. The first-order valence-corrected chi connectivity index (χ1v) is 6.93. The molecular weight excluding hydrogens is 282 g/mol. The minimum absolute atomic E-state index is 0.193. The molecule has 0 saturated carbocycles. The predicted molar refractivity (Wildman–Crippen MR) is 73.2 cm³/mol. The van der Waals surface area contributed by atoms with Crippen molar-refractivity contribution in [2.75, 3.05) is 0 Å². The molecule has 0 aliphatic rings. The lowest BCUT2D eigenvalue weighted by Gasteiger charge is -2.00. The summed E-state index contributed by atoms with van der Waals surface area (Å²) in [5, 5.41) is 6.90. The van der Waals surface area contributed by atoms with Gasteiger partial charge in [-0.1, -0.05) is 11.8 Å². The monoisotopic (exact) mass is 297 g/mol. The van der Waals surface area contributed by atoms with Crippen LogP contribution in [0.4, 0.5) is 0 Å². The second kappa shape index (κ2) is 5.97. The summed E-state index contributed by atoms with van der Waals surface area (Å²) in [5.41, 5.74) is 2.49. The Morgan fingerprint density at radius 3 is 3.05 bits per heavy atom. The molecule has 2 heterocycles. The molecular formula is C11H15N5O3S. The summed E-state index contributed by atoms with van der Waals surface area (Å²) in [6.45, 7) is 4.16. The van der Waals surface area contributed by atoms with E-state index in [-0.39, 0.29) is 11.4 Å². The van der Waals surface area contributed by atoms with Crippen LogP contribution in [-0.2, 0) is 12.3 Å². The number of aryl methyl sites for hydroxylation is 1. The van der Waals surface area contributed by atoms with Gasteiger partial charge in [-0.3, -0.25) is 14.8 Å². The summed E-state index contributed by atoms with van der Waals surface area (Å²) in [6, 6.07) is 1.76. The SMILES string of the molecule is CCn1c(SCc2cc(C)c(C(=O)NN)o2)n[nH]c1=O. The van der Waals surface area contributed by atoms with Gasteiger partial charge in [0.15, 0.2) is 10.9 Å². The Hall–Kier alpha value is -2.00. The molecule has 2 rings (SSSR count). The predicted octanol–water partition coefficient (Wildman–Crippen LogP) is 0.389. The largest absolute Gasteiger partial charge is 0.455 e. The lowest BCUT2D eigenvalue weighted by molar-refractivity contribution is 0.0923. The van der Waals surface area contributed by atoms with Crippen molar-refractivity contribution in [1.82, 2.24) is 20.2 Å². The first-order valence-electron chi connectivity index (χ1n) is 5.95. The van der Waals surface area contributed by atoms with E-state index in [9.17, 15) is 9.59 Å². The van der Waals surface area contributed by atoms with Crippen molar-refractivity contribution in [1.29, 1.82) is 0 Å². The number of nitrogen functional groups attached to an aromatic ring is 1. The Labute approximate surface area is 118 Å². The third-order valence-electron chi connectivity index (χ3n) is 2.69. The highest BCUT2D eigenvalue weighted by molar-refractivity contribution is 7.98. The number of furan rings is 1.